The Bertz CT molecular complexity index is 1010. The van der Waals surface area contributed by atoms with Crippen LogP contribution in [-0.4, -0.2) is 38.0 Å². The van der Waals surface area contributed by atoms with Crippen LogP contribution in [0.2, 0.25) is 0 Å². The van der Waals surface area contributed by atoms with Crippen molar-refractivity contribution in [2.45, 2.75) is 40.0 Å². The maximum atomic E-state index is 12.1. The lowest BCUT2D eigenvalue weighted by Gasteiger charge is -2.11. The Kier molecular flexibility index (Phi) is 6.38. The molecule has 0 saturated carbocycles. The summed E-state index contributed by atoms with van der Waals surface area (Å²) in [6.45, 7) is 5.67. The average Bonchev–Trinajstić information content (AvgIpc) is 3.19. The number of hydrogen-bond acceptors (Lipinski definition) is 6. The molecule has 0 fully saturated rings. The Hall–Kier alpha value is -3.49. The van der Waals surface area contributed by atoms with Crippen molar-refractivity contribution in [2.75, 3.05) is 6.61 Å². The van der Waals surface area contributed by atoms with Crippen molar-refractivity contribution in [3.8, 4) is 5.75 Å². The minimum absolute atomic E-state index is 0.184. The Balaban J connectivity index is 1.44. The third-order valence-corrected chi connectivity index (χ3v) is 4.63. The van der Waals surface area contributed by atoms with Crippen LogP contribution in [0, 0.1) is 13.8 Å². The summed E-state index contributed by atoms with van der Waals surface area (Å²) in [4.78, 5) is 32.4. The summed E-state index contributed by atoms with van der Waals surface area (Å²) in [6, 6.07) is 7.53. The van der Waals surface area contributed by atoms with Gasteiger partial charge in [-0.1, -0.05) is 19.1 Å². The lowest BCUT2D eigenvalue weighted by Crippen LogP contribution is -2.43. The van der Waals surface area contributed by atoms with Gasteiger partial charge >= 0.3 is 0 Å². The quantitative estimate of drug-likeness (QED) is 0.585. The Morgan fingerprint density at radius 1 is 1.10 bits per heavy atom. The summed E-state index contributed by atoms with van der Waals surface area (Å²) >= 11 is 0. The van der Waals surface area contributed by atoms with Gasteiger partial charge in [0.05, 0.1) is 0 Å². The van der Waals surface area contributed by atoms with E-state index in [-0.39, 0.29) is 18.9 Å². The summed E-state index contributed by atoms with van der Waals surface area (Å²) < 4.78 is 7.05. The highest BCUT2D eigenvalue weighted by molar-refractivity contribution is 5.82. The van der Waals surface area contributed by atoms with Crippen LogP contribution in [0.5, 0.6) is 5.75 Å². The van der Waals surface area contributed by atoms with Crippen LogP contribution in [0.3, 0.4) is 0 Å². The molecule has 2 heterocycles. The van der Waals surface area contributed by atoms with Gasteiger partial charge in [0.2, 0.25) is 5.91 Å². The molecule has 0 atom stereocenters. The SMILES string of the molecule is CCc1ccc(OCC(=O)NNC(=O)CCc2c(C)nc3ncnn3c2C)cc1. The largest absolute Gasteiger partial charge is 0.484 e. The molecule has 2 aromatic heterocycles. The summed E-state index contributed by atoms with van der Waals surface area (Å²) in [5.74, 6) is 0.398. The first-order chi connectivity index (χ1) is 14.0. The number of aromatic nitrogens is 4. The third-order valence-electron chi connectivity index (χ3n) is 4.63. The van der Waals surface area contributed by atoms with Gasteiger partial charge in [0.1, 0.15) is 12.1 Å². The average molecular weight is 396 g/mol. The zero-order chi connectivity index (χ0) is 20.8. The van der Waals surface area contributed by atoms with Gasteiger partial charge in [0, 0.05) is 17.8 Å². The molecule has 152 valence electrons. The number of benzene rings is 1. The van der Waals surface area contributed by atoms with E-state index in [2.05, 4.69) is 32.8 Å². The van der Waals surface area contributed by atoms with Crippen molar-refractivity contribution in [1.82, 2.24) is 30.4 Å². The van der Waals surface area contributed by atoms with Crippen molar-refractivity contribution in [1.29, 1.82) is 0 Å². The van der Waals surface area contributed by atoms with Crippen molar-refractivity contribution in [3.63, 3.8) is 0 Å². The molecule has 1 aromatic carbocycles. The summed E-state index contributed by atoms with van der Waals surface area (Å²) in [6.07, 6.45) is 3.06. The van der Waals surface area contributed by atoms with Gasteiger partial charge in [-0.3, -0.25) is 20.4 Å². The molecule has 0 aliphatic heterocycles. The molecule has 0 radical (unpaired) electrons. The van der Waals surface area contributed by atoms with Crippen LogP contribution in [-0.2, 0) is 22.4 Å². The molecule has 0 spiro atoms. The fraction of sp³-hybridized carbons (Fsp3) is 0.350. The van der Waals surface area contributed by atoms with Crippen LogP contribution in [0.1, 0.15) is 35.9 Å². The Morgan fingerprint density at radius 3 is 2.55 bits per heavy atom. The van der Waals surface area contributed by atoms with Gasteiger partial charge in [0.15, 0.2) is 6.61 Å². The summed E-state index contributed by atoms with van der Waals surface area (Å²) in [5.41, 5.74) is 8.59. The van der Waals surface area contributed by atoms with E-state index in [9.17, 15) is 9.59 Å². The summed E-state index contributed by atoms with van der Waals surface area (Å²) in [5, 5.41) is 4.13. The van der Waals surface area contributed by atoms with Gasteiger partial charge in [-0.25, -0.2) is 9.50 Å². The second-order valence-electron chi connectivity index (χ2n) is 6.62. The van der Waals surface area contributed by atoms with Gasteiger partial charge in [0.25, 0.3) is 11.7 Å². The maximum Gasteiger partial charge on any atom is 0.276 e. The number of aryl methyl sites for hydroxylation is 3. The lowest BCUT2D eigenvalue weighted by molar-refractivity contribution is -0.130. The number of ether oxygens (including phenoxy) is 1. The predicted octanol–water partition coefficient (Wildman–Crippen LogP) is 1.46. The van der Waals surface area contributed by atoms with Crippen LogP contribution in [0.15, 0.2) is 30.6 Å². The number of carbonyl (C=O) groups excluding carboxylic acids is 2. The highest BCUT2D eigenvalue weighted by atomic mass is 16.5. The van der Waals surface area contributed by atoms with Gasteiger partial charge in [-0.05, 0) is 49.9 Å². The number of nitrogens with one attached hydrogen (secondary N) is 2. The van der Waals surface area contributed by atoms with Crippen molar-refractivity contribution in [3.05, 3.63) is 53.1 Å². The third kappa shape index (κ3) is 5.07. The van der Waals surface area contributed by atoms with E-state index in [1.165, 1.54) is 11.9 Å². The number of amides is 2. The van der Waals surface area contributed by atoms with Crippen molar-refractivity contribution >= 4 is 17.6 Å². The Morgan fingerprint density at radius 2 is 1.83 bits per heavy atom. The number of carbonyl (C=O) groups is 2. The second-order valence-corrected chi connectivity index (χ2v) is 6.62. The van der Waals surface area contributed by atoms with Crippen LogP contribution < -0.4 is 15.6 Å². The Labute approximate surface area is 168 Å². The highest BCUT2D eigenvalue weighted by Gasteiger charge is 2.13. The lowest BCUT2D eigenvalue weighted by atomic mass is 10.1. The normalized spacial score (nSPS) is 10.7. The topological polar surface area (TPSA) is 111 Å². The van der Waals surface area contributed by atoms with Crippen LogP contribution in [0.25, 0.3) is 5.78 Å². The molecule has 3 rings (SSSR count). The molecule has 29 heavy (non-hydrogen) atoms. The van der Waals surface area contributed by atoms with E-state index in [1.807, 2.05) is 38.1 Å². The van der Waals surface area contributed by atoms with Crippen molar-refractivity contribution < 1.29 is 14.3 Å². The highest BCUT2D eigenvalue weighted by Crippen LogP contribution is 2.15. The number of nitrogens with zero attached hydrogens (tertiary/aromatic N) is 4. The monoisotopic (exact) mass is 396 g/mol. The first-order valence-corrected chi connectivity index (χ1v) is 9.43. The van der Waals surface area contributed by atoms with E-state index in [1.54, 1.807) is 4.52 Å². The molecule has 0 saturated heterocycles. The standard InChI is InChI=1S/C20H24N6O3/c1-4-15-5-7-16(8-6-15)29-11-19(28)25-24-18(27)10-9-17-13(2)23-20-21-12-22-26(20)14(17)3/h5-8,12H,4,9-11H2,1-3H3,(H,24,27)(H,25,28). The van der Waals surface area contributed by atoms with Gasteiger partial charge in [-0.2, -0.15) is 10.1 Å². The molecular weight excluding hydrogens is 372 g/mol. The number of hydrogen-bond donors (Lipinski definition) is 2. The molecule has 2 amide bonds. The number of hydrazine groups is 1. The fourth-order valence-electron chi connectivity index (χ4n) is 2.96. The number of rotatable bonds is 7. The molecule has 3 aromatic rings. The molecular formula is C20H24N6O3. The molecule has 9 heteroatoms. The zero-order valence-corrected chi connectivity index (χ0v) is 16.7. The smallest absolute Gasteiger partial charge is 0.276 e. The molecule has 9 nitrogen and oxygen atoms in total. The first kappa shape index (κ1) is 20.2. The van der Waals surface area contributed by atoms with Gasteiger partial charge < -0.3 is 4.74 Å². The second kappa shape index (κ2) is 9.13. The first-order valence-electron chi connectivity index (χ1n) is 9.43. The molecule has 0 unspecified atom stereocenters. The molecule has 0 aliphatic rings. The maximum absolute atomic E-state index is 12.1. The predicted molar refractivity (Wildman–Crippen MR) is 106 cm³/mol. The van der Waals surface area contributed by atoms with Crippen LogP contribution in [0.4, 0.5) is 0 Å². The summed E-state index contributed by atoms with van der Waals surface area (Å²) in [7, 11) is 0. The van der Waals surface area contributed by atoms with Crippen LogP contribution >= 0.6 is 0 Å². The van der Waals surface area contributed by atoms with E-state index in [0.717, 1.165) is 23.4 Å². The molecule has 2 N–H and O–H groups in total. The van der Waals surface area contributed by atoms with E-state index >= 15 is 0 Å². The molecule has 0 bridgehead atoms. The van der Waals surface area contributed by atoms with Gasteiger partial charge in [-0.15, -0.1) is 0 Å². The van der Waals surface area contributed by atoms with E-state index in [4.69, 9.17) is 4.74 Å². The van der Waals surface area contributed by atoms with E-state index in [0.29, 0.717) is 17.9 Å². The minimum atomic E-state index is -0.434. The van der Waals surface area contributed by atoms with E-state index < -0.39 is 5.91 Å². The minimum Gasteiger partial charge on any atom is -0.484 e. The zero-order valence-electron chi connectivity index (χ0n) is 16.7. The molecule has 0 aliphatic carbocycles. The fourth-order valence-corrected chi connectivity index (χ4v) is 2.96. The van der Waals surface area contributed by atoms with Crippen molar-refractivity contribution in [2.24, 2.45) is 0 Å². The number of fused-ring (bicyclic) bond motifs is 1.